The van der Waals surface area contributed by atoms with Crippen molar-refractivity contribution < 1.29 is 4.79 Å². The van der Waals surface area contributed by atoms with Crippen molar-refractivity contribution in [3.8, 4) is 0 Å². The Hall–Kier alpha value is -1.34. The maximum Gasteiger partial charge on any atom is 0.265 e. The molecular weight excluding hydrogens is 262 g/mol. The van der Waals surface area contributed by atoms with E-state index in [4.69, 9.17) is 11.5 Å². The number of carbonyl (C=O) groups is 1. The molecule has 1 aliphatic heterocycles. The number of thiazole rings is 1. The Balaban J connectivity index is 2.09. The van der Waals surface area contributed by atoms with E-state index < -0.39 is 0 Å². The summed E-state index contributed by atoms with van der Waals surface area (Å²) in [5.74, 6) is 0.178. The minimum Gasteiger partial charge on any atom is -0.382 e. The predicted molar refractivity (Wildman–Crippen MR) is 78.6 cm³/mol. The zero-order chi connectivity index (χ0) is 13.8. The first kappa shape index (κ1) is 14.1. The van der Waals surface area contributed by atoms with Gasteiger partial charge >= 0.3 is 0 Å². The molecule has 2 rings (SSSR count). The Kier molecular flexibility index (Phi) is 4.60. The van der Waals surface area contributed by atoms with Crippen LogP contribution in [0, 0.1) is 0 Å². The van der Waals surface area contributed by atoms with Gasteiger partial charge in [-0.25, -0.2) is 4.98 Å². The highest BCUT2D eigenvalue weighted by Gasteiger charge is 2.23. The molecule has 1 aliphatic rings. The van der Waals surface area contributed by atoms with E-state index in [9.17, 15) is 4.79 Å². The molecule has 2 heterocycles. The smallest absolute Gasteiger partial charge is 0.265 e. The van der Waals surface area contributed by atoms with Crippen LogP contribution in [0.5, 0.6) is 0 Å². The van der Waals surface area contributed by atoms with Gasteiger partial charge < -0.3 is 21.7 Å². The van der Waals surface area contributed by atoms with Gasteiger partial charge in [0.05, 0.1) is 0 Å². The van der Waals surface area contributed by atoms with Gasteiger partial charge in [-0.05, 0) is 19.3 Å². The quantitative estimate of drug-likeness (QED) is 0.759. The third-order valence-corrected chi connectivity index (χ3v) is 4.24. The van der Waals surface area contributed by atoms with E-state index in [0.717, 1.165) is 37.5 Å². The number of anilines is 2. The van der Waals surface area contributed by atoms with Crippen LogP contribution in [0.1, 0.15) is 35.9 Å². The van der Waals surface area contributed by atoms with Crippen LogP contribution in [-0.4, -0.2) is 36.6 Å². The minimum absolute atomic E-state index is 0.135. The Bertz CT molecular complexity index is 447. The van der Waals surface area contributed by atoms with Gasteiger partial charge in [-0.3, -0.25) is 4.79 Å². The first-order valence-electron chi connectivity index (χ1n) is 6.66. The largest absolute Gasteiger partial charge is 0.382 e. The summed E-state index contributed by atoms with van der Waals surface area (Å²) in [4.78, 5) is 18.8. The first-order valence-corrected chi connectivity index (χ1v) is 7.48. The summed E-state index contributed by atoms with van der Waals surface area (Å²) >= 11 is 1.35. The van der Waals surface area contributed by atoms with Gasteiger partial charge in [-0.2, -0.15) is 0 Å². The zero-order valence-corrected chi connectivity index (χ0v) is 12.0. The topological polar surface area (TPSA) is 97.3 Å². The number of aromatic nitrogens is 1. The van der Waals surface area contributed by atoms with Crippen LogP contribution in [0.3, 0.4) is 0 Å². The number of amides is 1. The second-order valence-corrected chi connectivity index (χ2v) is 5.79. The van der Waals surface area contributed by atoms with Gasteiger partial charge in [-0.1, -0.05) is 18.3 Å². The van der Waals surface area contributed by atoms with Crippen molar-refractivity contribution in [2.24, 2.45) is 5.73 Å². The standard InChI is InChI=1S/C12H21N5OS/c1-2-5-15-11(18)9-10(14)16-12(19-9)17-6-3-4-8(13)7-17/h8H,2-7,13-14H2,1H3,(H,15,18). The van der Waals surface area contributed by atoms with Gasteiger partial charge in [0.1, 0.15) is 10.7 Å². The predicted octanol–water partition coefficient (Wildman–Crippen LogP) is 0.793. The highest BCUT2D eigenvalue weighted by molar-refractivity contribution is 7.18. The van der Waals surface area contributed by atoms with E-state index in [1.165, 1.54) is 11.3 Å². The number of nitrogens with zero attached hydrogens (tertiary/aromatic N) is 2. The molecule has 0 saturated carbocycles. The summed E-state index contributed by atoms with van der Waals surface area (Å²) in [6.07, 6.45) is 3.00. The van der Waals surface area contributed by atoms with Crippen LogP contribution >= 0.6 is 11.3 Å². The molecule has 1 fully saturated rings. The van der Waals surface area contributed by atoms with Crippen LogP contribution < -0.4 is 21.7 Å². The van der Waals surface area contributed by atoms with Gasteiger partial charge in [0.2, 0.25) is 0 Å². The summed E-state index contributed by atoms with van der Waals surface area (Å²) < 4.78 is 0. The second kappa shape index (κ2) is 6.21. The number of nitrogens with one attached hydrogen (secondary N) is 1. The lowest BCUT2D eigenvalue weighted by atomic mass is 10.1. The Morgan fingerprint density at radius 1 is 1.63 bits per heavy atom. The first-order chi connectivity index (χ1) is 9.11. The molecule has 5 N–H and O–H groups in total. The van der Waals surface area contributed by atoms with Crippen molar-refractivity contribution in [2.75, 3.05) is 30.3 Å². The van der Waals surface area contributed by atoms with Crippen molar-refractivity contribution in [2.45, 2.75) is 32.2 Å². The Morgan fingerprint density at radius 3 is 3.11 bits per heavy atom. The Morgan fingerprint density at radius 2 is 2.42 bits per heavy atom. The van der Waals surface area contributed by atoms with Gasteiger partial charge in [0, 0.05) is 25.7 Å². The lowest BCUT2D eigenvalue weighted by Gasteiger charge is -2.30. The third-order valence-electron chi connectivity index (χ3n) is 3.11. The lowest BCUT2D eigenvalue weighted by Crippen LogP contribution is -2.42. The maximum absolute atomic E-state index is 11.9. The number of carbonyl (C=O) groups excluding carboxylic acids is 1. The molecule has 0 aliphatic carbocycles. The van der Waals surface area contributed by atoms with Crippen molar-refractivity contribution in [1.82, 2.24) is 10.3 Å². The zero-order valence-electron chi connectivity index (χ0n) is 11.2. The van der Waals surface area contributed by atoms with E-state index in [1.807, 2.05) is 6.92 Å². The molecular formula is C12H21N5OS. The summed E-state index contributed by atoms with van der Waals surface area (Å²) in [6, 6.07) is 0.177. The van der Waals surface area contributed by atoms with Gasteiger partial charge in [0.25, 0.3) is 5.91 Å². The summed E-state index contributed by atoms with van der Waals surface area (Å²) in [7, 11) is 0. The second-order valence-electron chi connectivity index (χ2n) is 4.82. The molecule has 106 valence electrons. The Labute approximate surface area is 117 Å². The van der Waals surface area contributed by atoms with Gasteiger partial charge in [-0.15, -0.1) is 0 Å². The monoisotopic (exact) mass is 283 g/mol. The van der Waals surface area contributed by atoms with E-state index in [1.54, 1.807) is 0 Å². The molecule has 6 nitrogen and oxygen atoms in total. The lowest BCUT2D eigenvalue weighted by molar-refractivity contribution is 0.0958. The average Bonchev–Trinajstić information content (AvgIpc) is 2.78. The molecule has 0 radical (unpaired) electrons. The SMILES string of the molecule is CCCNC(=O)c1sc(N2CCCC(N)C2)nc1N. The van der Waals surface area contributed by atoms with Crippen LogP contribution in [0.2, 0.25) is 0 Å². The number of nitrogen functional groups attached to an aromatic ring is 1. The molecule has 1 unspecified atom stereocenters. The van der Waals surface area contributed by atoms with Crippen LogP contribution in [-0.2, 0) is 0 Å². The molecule has 1 saturated heterocycles. The van der Waals surface area contributed by atoms with Crippen molar-refractivity contribution in [1.29, 1.82) is 0 Å². The fourth-order valence-electron chi connectivity index (χ4n) is 2.12. The van der Waals surface area contributed by atoms with Crippen molar-refractivity contribution >= 4 is 28.2 Å². The summed E-state index contributed by atoms with van der Waals surface area (Å²) in [5.41, 5.74) is 11.8. The molecule has 0 spiro atoms. The van der Waals surface area contributed by atoms with Gasteiger partial charge in [0.15, 0.2) is 5.13 Å². The van der Waals surface area contributed by atoms with Crippen LogP contribution in [0.4, 0.5) is 10.9 Å². The molecule has 19 heavy (non-hydrogen) atoms. The van der Waals surface area contributed by atoms with E-state index in [-0.39, 0.29) is 11.9 Å². The molecule has 1 amide bonds. The number of hydrogen-bond donors (Lipinski definition) is 3. The highest BCUT2D eigenvalue weighted by Crippen LogP contribution is 2.29. The molecule has 1 aromatic heterocycles. The normalized spacial score (nSPS) is 19.5. The molecule has 1 aromatic rings. The van der Waals surface area contributed by atoms with Crippen molar-refractivity contribution in [3.05, 3.63) is 4.88 Å². The van der Waals surface area contributed by atoms with Crippen LogP contribution in [0.25, 0.3) is 0 Å². The summed E-state index contributed by atoms with van der Waals surface area (Å²) in [6.45, 7) is 4.37. The van der Waals surface area contributed by atoms with E-state index in [0.29, 0.717) is 17.2 Å². The van der Waals surface area contributed by atoms with E-state index in [2.05, 4.69) is 15.2 Å². The highest BCUT2D eigenvalue weighted by atomic mass is 32.1. The molecule has 0 aromatic carbocycles. The molecule has 1 atom stereocenters. The van der Waals surface area contributed by atoms with Crippen LogP contribution in [0.15, 0.2) is 0 Å². The number of piperidine rings is 1. The fourth-order valence-corrected chi connectivity index (χ4v) is 3.06. The number of rotatable bonds is 4. The molecule has 7 heteroatoms. The fraction of sp³-hybridized carbons (Fsp3) is 0.667. The minimum atomic E-state index is -0.135. The average molecular weight is 283 g/mol. The maximum atomic E-state index is 11.9. The summed E-state index contributed by atoms with van der Waals surface area (Å²) in [5, 5.41) is 3.62. The molecule has 0 bridgehead atoms. The third kappa shape index (κ3) is 3.36. The number of nitrogens with two attached hydrogens (primary N) is 2. The number of hydrogen-bond acceptors (Lipinski definition) is 6. The van der Waals surface area contributed by atoms with E-state index >= 15 is 0 Å². The van der Waals surface area contributed by atoms with Crippen molar-refractivity contribution in [3.63, 3.8) is 0 Å².